The van der Waals surface area contributed by atoms with Gasteiger partial charge in [0.25, 0.3) is 0 Å². The maximum atomic E-state index is 11.7. The molecule has 0 aromatic heterocycles. The minimum Gasteiger partial charge on any atom is -0.379 e. The van der Waals surface area contributed by atoms with Crippen molar-refractivity contribution < 1.29 is 9.53 Å². The second-order valence-corrected chi connectivity index (χ2v) is 6.13. The Morgan fingerprint density at radius 2 is 1.91 bits per heavy atom. The largest absolute Gasteiger partial charge is 0.379 e. The van der Waals surface area contributed by atoms with E-state index in [1.165, 1.54) is 5.56 Å². The van der Waals surface area contributed by atoms with Gasteiger partial charge in [0.2, 0.25) is 0 Å². The van der Waals surface area contributed by atoms with Crippen LogP contribution in [0.1, 0.15) is 19.4 Å². The zero-order chi connectivity index (χ0) is 15.8. The summed E-state index contributed by atoms with van der Waals surface area (Å²) in [5.41, 5.74) is 2.12. The summed E-state index contributed by atoms with van der Waals surface area (Å²) in [4.78, 5) is 14.1. The zero-order valence-electron chi connectivity index (χ0n) is 13.6. The van der Waals surface area contributed by atoms with E-state index < -0.39 is 0 Å². The normalized spacial score (nSPS) is 15.8. The van der Waals surface area contributed by atoms with Gasteiger partial charge in [0, 0.05) is 31.9 Å². The third kappa shape index (κ3) is 6.03. The molecule has 1 aromatic carbocycles. The maximum absolute atomic E-state index is 11.7. The number of urea groups is 1. The smallest absolute Gasteiger partial charge is 0.319 e. The Morgan fingerprint density at radius 3 is 2.55 bits per heavy atom. The van der Waals surface area contributed by atoms with Crippen LogP contribution in [0.5, 0.6) is 0 Å². The Balaban J connectivity index is 1.73. The van der Waals surface area contributed by atoms with Crippen molar-refractivity contribution in [3.63, 3.8) is 0 Å². The van der Waals surface area contributed by atoms with Gasteiger partial charge in [-0.15, -0.1) is 0 Å². The van der Waals surface area contributed by atoms with Gasteiger partial charge in [-0.2, -0.15) is 0 Å². The zero-order valence-corrected chi connectivity index (χ0v) is 13.6. The molecule has 2 amide bonds. The van der Waals surface area contributed by atoms with Crippen molar-refractivity contribution in [2.24, 2.45) is 5.92 Å². The van der Waals surface area contributed by atoms with E-state index in [1.807, 2.05) is 12.1 Å². The van der Waals surface area contributed by atoms with Crippen molar-refractivity contribution in [1.29, 1.82) is 0 Å². The molecule has 122 valence electrons. The number of carbonyl (C=O) groups excluding carboxylic acids is 1. The quantitative estimate of drug-likeness (QED) is 0.848. The summed E-state index contributed by atoms with van der Waals surface area (Å²) < 4.78 is 5.35. The van der Waals surface area contributed by atoms with E-state index in [1.54, 1.807) is 0 Å². The van der Waals surface area contributed by atoms with E-state index in [9.17, 15) is 4.79 Å². The highest BCUT2D eigenvalue weighted by Gasteiger charge is 2.09. The lowest BCUT2D eigenvalue weighted by Gasteiger charge is -2.26. The molecule has 5 nitrogen and oxygen atoms in total. The maximum Gasteiger partial charge on any atom is 0.319 e. The van der Waals surface area contributed by atoms with Crippen molar-refractivity contribution in [2.45, 2.75) is 20.3 Å². The minimum atomic E-state index is -0.144. The molecule has 1 saturated heterocycles. The molecule has 0 spiro atoms. The van der Waals surface area contributed by atoms with Crippen molar-refractivity contribution in [2.75, 3.05) is 44.7 Å². The van der Waals surface area contributed by atoms with Crippen LogP contribution in [0.25, 0.3) is 0 Å². The lowest BCUT2D eigenvalue weighted by atomic mass is 10.1. The Bertz CT molecular complexity index is 453. The van der Waals surface area contributed by atoms with Crippen LogP contribution in [0, 0.1) is 5.92 Å². The van der Waals surface area contributed by atoms with E-state index in [0.717, 1.165) is 45.0 Å². The highest BCUT2D eigenvalue weighted by molar-refractivity contribution is 5.89. The summed E-state index contributed by atoms with van der Waals surface area (Å²) in [5, 5.41) is 5.70. The molecular weight excluding hydrogens is 278 g/mol. The first-order valence-electron chi connectivity index (χ1n) is 8.07. The van der Waals surface area contributed by atoms with Gasteiger partial charge in [-0.3, -0.25) is 4.90 Å². The summed E-state index contributed by atoms with van der Waals surface area (Å²) in [6.07, 6.45) is 1.03. The molecule has 1 aromatic rings. The number of hydrogen-bond donors (Lipinski definition) is 2. The molecule has 1 fully saturated rings. The number of rotatable bonds is 6. The topological polar surface area (TPSA) is 53.6 Å². The number of benzene rings is 1. The van der Waals surface area contributed by atoms with E-state index >= 15 is 0 Å². The fourth-order valence-corrected chi connectivity index (χ4v) is 2.34. The Labute approximate surface area is 133 Å². The molecule has 2 rings (SSSR count). The third-order valence-corrected chi connectivity index (χ3v) is 3.70. The van der Waals surface area contributed by atoms with Gasteiger partial charge < -0.3 is 15.4 Å². The first kappa shape index (κ1) is 16.8. The first-order chi connectivity index (χ1) is 10.6. The molecule has 22 heavy (non-hydrogen) atoms. The van der Waals surface area contributed by atoms with Gasteiger partial charge in [0.05, 0.1) is 13.2 Å². The van der Waals surface area contributed by atoms with Crippen molar-refractivity contribution in [3.8, 4) is 0 Å². The van der Waals surface area contributed by atoms with E-state index in [2.05, 4.69) is 41.5 Å². The SMILES string of the molecule is CC(C)CNC(=O)Nc1ccc(CCN2CCOCC2)cc1. The van der Waals surface area contributed by atoms with Crippen molar-refractivity contribution in [1.82, 2.24) is 10.2 Å². The number of hydrogen-bond acceptors (Lipinski definition) is 3. The summed E-state index contributed by atoms with van der Waals surface area (Å²) in [6.45, 7) is 9.62. The molecule has 1 aliphatic heterocycles. The van der Waals surface area contributed by atoms with Crippen LogP contribution >= 0.6 is 0 Å². The van der Waals surface area contributed by atoms with E-state index in [0.29, 0.717) is 12.5 Å². The van der Waals surface area contributed by atoms with Gasteiger partial charge >= 0.3 is 6.03 Å². The molecule has 0 radical (unpaired) electrons. The second kappa shape index (κ2) is 8.76. The first-order valence-corrected chi connectivity index (χ1v) is 8.07. The van der Waals surface area contributed by atoms with E-state index in [-0.39, 0.29) is 6.03 Å². The van der Waals surface area contributed by atoms with Crippen LogP contribution in [0.2, 0.25) is 0 Å². The molecular formula is C17H27N3O2. The minimum absolute atomic E-state index is 0.144. The fourth-order valence-electron chi connectivity index (χ4n) is 2.34. The van der Waals surface area contributed by atoms with Crippen LogP contribution in [-0.4, -0.2) is 50.3 Å². The Morgan fingerprint density at radius 1 is 1.23 bits per heavy atom. The molecule has 0 unspecified atom stereocenters. The van der Waals surface area contributed by atoms with Crippen LogP contribution in [0.15, 0.2) is 24.3 Å². The summed E-state index contributed by atoms with van der Waals surface area (Å²) in [7, 11) is 0. The number of anilines is 1. The number of nitrogens with zero attached hydrogens (tertiary/aromatic N) is 1. The predicted molar refractivity (Wildman–Crippen MR) is 89.3 cm³/mol. The third-order valence-electron chi connectivity index (χ3n) is 3.70. The van der Waals surface area contributed by atoms with Gasteiger partial charge in [-0.1, -0.05) is 26.0 Å². The molecule has 0 bridgehead atoms. The Hall–Kier alpha value is -1.59. The van der Waals surface area contributed by atoms with Gasteiger partial charge in [0.1, 0.15) is 0 Å². The standard InChI is InChI=1S/C17H27N3O2/c1-14(2)13-18-17(21)19-16-5-3-15(4-6-16)7-8-20-9-11-22-12-10-20/h3-6,14H,7-13H2,1-2H3,(H2,18,19,21). The number of amides is 2. The number of ether oxygens (including phenoxy) is 1. The van der Waals surface area contributed by atoms with Crippen molar-refractivity contribution in [3.05, 3.63) is 29.8 Å². The number of nitrogens with one attached hydrogen (secondary N) is 2. The van der Waals surface area contributed by atoms with Crippen molar-refractivity contribution >= 4 is 11.7 Å². The molecule has 2 N–H and O–H groups in total. The molecule has 0 atom stereocenters. The molecule has 0 saturated carbocycles. The highest BCUT2D eigenvalue weighted by atomic mass is 16.5. The second-order valence-electron chi connectivity index (χ2n) is 6.13. The predicted octanol–water partition coefficient (Wildman–Crippen LogP) is 2.34. The van der Waals surface area contributed by atoms with Crippen LogP contribution in [0.3, 0.4) is 0 Å². The van der Waals surface area contributed by atoms with Crippen LogP contribution < -0.4 is 10.6 Å². The molecule has 0 aliphatic carbocycles. The summed E-state index contributed by atoms with van der Waals surface area (Å²) >= 11 is 0. The number of morpholine rings is 1. The summed E-state index contributed by atoms with van der Waals surface area (Å²) in [5.74, 6) is 0.452. The highest BCUT2D eigenvalue weighted by Crippen LogP contribution is 2.11. The number of carbonyl (C=O) groups is 1. The Kier molecular flexibility index (Phi) is 6.68. The lowest BCUT2D eigenvalue weighted by molar-refractivity contribution is 0.0384. The van der Waals surface area contributed by atoms with Gasteiger partial charge in [0.15, 0.2) is 0 Å². The molecule has 5 heteroatoms. The van der Waals surface area contributed by atoms with E-state index in [4.69, 9.17) is 4.74 Å². The monoisotopic (exact) mass is 305 g/mol. The average molecular weight is 305 g/mol. The van der Waals surface area contributed by atoms with Crippen LogP contribution in [-0.2, 0) is 11.2 Å². The lowest BCUT2D eigenvalue weighted by Crippen LogP contribution is -2.37. The van der Waals surface area contributed by atoms with Crippen LogP contribution in [0.4, 0.5) is 10.5 Å². The molecule has 1 aliphatic rings. The molecule has 1 heterocycles. The van der Waals surface area contributed by atoms with Gasteiger partial charge in [-0.05, 0) is 30.0 Å². The average Bonchev–Trinajstić information content (AvgIpc) is 2.53. The van der Waals surface area contributed by atoms with Gasteiger partial charge in [-0.25, -0.2) is 4.79 Å². The fraction of sp³-hybridized carbons (Fsp3) is 0.588. The summed E-state index contributed by atoms with van der Waals surface area (Å²) in [6, 6.07) is 7.94.